The van der Waals surface area contributed by atoms with Gasteiger partial charge >= 0.3 is 0 Å². The van der Waals surface area contributed by atoms with E-state index in [2.05, 4.69) is 10.2 Å². The van der Waals surface area contributed by atoms with Crippen LogP contribution in [-0.4, -0.2) is 60.2 Å². The molecule has 19 heavy (non-hydrogen) atoms. The summed E-state index contributed by atoms with van der Waals surface area (Å²) in [5.74, 6) is 2.61. The fraction of sp³-hybridized carbons (Fsp3) is 0.929. The molecule has 3 aliphatic rings. The summed E-state index contributed by atoms with van der Waals surface area (Å²) in [6.07, 6.45) is 5.81. The van der Waals surface area contributed by atoms with Crippen molar-refractivity contribution in [2.24, 2.45) is 0 Å². The van der Waals surface area contributed by atoms with Crippen LogP contribution >= 0.6 is 11.8 Å². The van der Waals surface area contributed by atoms with Crippen LogP contribution in [0.5, 0.6) is 0 Å². The molecule has 3 heterocycles. The molecule has 1 N–H and O–H groups in total. The molecule has 108 valence electrons. The SMILES string of the molecule is O=C([C@@H]1CCCN1)N(CC1CCCO1)C1CCSC1. The lowest BCUT2D eigenvalue weighted by Crippen LogP contribution is -2.51. The van der Waals surface area contributed by atoms with E-state index in [1.165, 1.54) is 5.75 Å². The maximum absolute atomic E-state index is 12.7. The van der Waals surface area contributed by atoms with Gasteiger partial charge in [0.15, 0.2) is 0 Å². The number of hydrogen-bond acceptors (Lipinski definition) is 4. The third kappa shape index (κ3) is 3.26. The van der Waals surface area contributed by atoms with Crippen LogP contribution in [0.15, 0.2) is 0 Å². The van der Waals surface area contributed by atoms with Gasteiger partial charge in [0, 0.05) is 24.9 Å². The van der Waals surface area contributed by atoms with E-state index in [0.29, 0.717) is 11.9 Å². The smallest absolute Gasteiger partial charge is 0.240 e. The van der Waals surface area contributed by atoms with E-state index in [-0.39, 0.29) is 12.1 Å². The van der Waals surface area contributed by atoms with Crippen molar-refractivity contribution in [2.45, 2.75) is 50.3 Å². The average molecular weight is 284 g/mol. The van der Waals surface area contributed by atoms with Gasteiger partial charge in [0.1, 0.15) is 0 Å². The average Bonchev–Trinajstić information content (AvgIpc) is 3.15. The Labute approximate surface area is 119 Å². The van der Waals surface area contributed by atoms with Crippen LogP contribution < -0.4 is 5.32 Å². The molecule has 3 atom stereocenters. The van der Waals surface area contributed by atoms with E-state index in [1.54, 1.807) is 0 Å². The van der Waals surface area contributed by atoms with Gasteiger partial charge in [0.25, 0.3) is 0 Å². The molecule has 0 bridgehead atoms. The molecule has 0 spiro atoms. The van der Waals surface area contributed by atoms with Gasteiger partial charge in [0.05, 0.1) is 12.1 Å². The Morgan fingerprint density at radius 1 is 1.32 bits per heavy atom. The highest BCUT2D eigenvalue weighted by molar-refractivity contribution is 7.99. The van der Waals surface area contributed by atoms with Gasteiger partial charge in [0.2, 0.25) is 5.91 Å². The highest BCUT2D eigenvalue weighted by atomic mass is 32.2. The van der Waals surface area contributed by atoms with Crippen LogP contribution in [0.3, 0.4) is 0 Å². The number of carbonyl (C=O) groups excluding carboxylic acids is 1. The van der Waals surface area contributed by atoms with Crippen LogP contribution in [-0.2, 0) is 9.53 Å². The summed E-state index contributed by atoms with van der Waals surface area (Å²) in [4.78, 5) is 14.9. The first-order valence-electron chi connectivity index (χ1n) is 7.58. The van der Waals surface area contributed by atoms with Crippen LogP contribution in [0.25, 0.3) is 0 Å². The van der Waals surface area contributed by atoms with Crippen LogP contribution in [0, 0.1) is 0 Å². The van der Waals surface area contributed by atoms with Crippen molar-refractivity contribution < 1.29 is 9.53 Å². The van der Waals surface area contributed by atoms with Gasteiger partial charge in [-0.15, -0.1) is 0 Å². The predicted molar refractivity (Wildman–Crippen MR) is 77.4 cm³/mol. The largest absolute Gasteiger partial charge is 0.376 e. The van der Waals surface area contributed by atoms with E-state index in [0.717, 1.165) is 57.6 Å². The lowest BCUT2D eigenvalue weighted by molar-refractivity contribution is -0.136. The Morgan fingerprint density at radius 2 is 2.26 bits per heavy atom. The third-order valence-electron chi connectivity index (χ3n) is 4.41. The summed E-state index contributed by atoms with van der Waals surface area (Å²) in [5, 5.41) is 3.35. The summed E-state index contributed by atoms with van der Waals surface area (Å²) in [6, 6.07) is 0.496. The number of carbonyl (C=O) groups is 1. The zero-order valence-electron chi connectivity index (χ0n) is 11.5. The third-order valence-corrected chi connectivity index (χ3v) is 5.56. The molecule has 1 amide bonds. The lowest BCUT2D eigenvalue weighted by Gasteiger charge is -2.32. The van der Waals surface area contributed by atoms with Crippen molar-refractivity contribution in [3.05, 3.63) is 0 Å². The molecule has 0 saturated carbocycles. The zero-order chi connectivity index (χ0) is 13.1. The number of ether oxygens (including phenoxy) is 1. The van der Waals surface area contributed by atoms with Gasteiger partial charge < -0.3 is 15.0 Å². The highest BCUT2D eigenvalue weighted by Gasteiger charge is 2.34. The molecule has 0 aliphatic carbocycles. The standard InChI is InChI=1S/C14H24N2O2S/c17-14(13-4-1-6-15-13)16(11-5-8-19-10-11)9-12-3-2-7-18-12/h11-13,15H,1-10H2/t11?,12?,13-/m0/s1. The summed E-state index contributed by atoms with van der Waals surface area (Å²) in [7, 11) is 0. The number of thioether (sulfide) groups is 1. The van der Waals surface area contributed by atoms with Gasteiger partial charge in [-0.1, -0.05) is 0 Å². The first-order chi connectivity index (χ1) is 9.34. The molecular formula is C14H24N2O2S. The summed E-state index contributed by atoms with van der Waals surface area (Å²) in [6.45, 7) is 2.67. The van der Waals surface area contributed by atoms with Crippen molar-refractivity contribution in [3.8, 4) is 0 Å². The first-order valence-corrected chi connectivity index (χ1v) is 8.73. The van der Waals surface area contributed by atoms with Crippen LogP contribution in [0.2, 0.25) is 0 Å². The minimum atomic E-state index is 0.0620. The van der Waals surface area contributed by atoms with Crippen molar-refractivity contribution in [2.75, 3.05) is 31.2 Å². The molecule has 4 nitrogen and oxygen atoms in total. The normalized spacial score (nSPS) is 34.8. The molecule has 0 aromatic carbocycles. The maximum Gasteiger partial charge on any atom is 0.240 e. The molecule has 3 aliphatic heterocycles. The van der Waals surface area contributed by atoms with Gasteiger partial charge in [-0.25, -0.2) is 0 Å². The monoisotopic (exact) mass is 284 g/mol. The molecule has 0 radical (unpaired) electrons. The molecule has 5 heteroatoms. The zero-order valence-corrected chi connectivity index (χ0v) is 12.3. The topological polar surface area (TPSA) is 41.6 Å². The fourth-order valence-electron chi connectivity index (χ4n) is 3.29. The second-order valence-corrected chi connectivity index (χ2v) is 6.94. The van der Waals surface area contributed by atoms with Gasteiger partial charge in [-0.05, 0) is 44.4 Å². The molecule has 0 aromatic heterocycles. The van der Waals surface area contributed by atoms with E-state index in [1.807, 2.05) is 11.8 Å². The second-order valence-electron chi connectivity index (χ2n) is 5.79. The van der Waals surface area contributed by atoms with Crippen molar-refractivity contribution in [3.63, 3.8) is 0 Å². The Morgan fingerprint density at radius 3 is 2.89 bits per heavy atom. The van der Waals surface area contributed by atoms with Crippen LogP contribution in [0.1, 0.15) is 32.1 Å². The quantitative estimate of drug-likeness (QED) is 0.844. The van der Waals surface area contributed by atoms with E-state index >= 15 is 0 Å². The minimum Gasteiger partial charge on any atom is -0.376 e. The second kappa shape index (κ2) is 6.46. The van der Waals surface area contributed by atoms with E-state index in [4.69, 9.17) is 4.74 Å². The van der Waals surface area contributed by atoms with Crippen molar-refractivity contribution >= 4 is 17.7 Å². The molecule has 3 rings (SSSR count). The molecule has 3 saturated heterocycles. The fourth-order valence-corrected chi connectivity index (χ4v) is 4.51. The lowest BCUT2D eigenvalue weighted by atomic mass is 10.1. The molecular weight excluding hydrogens is 260 g/mol. The molecule has 2 unspecified atom stereocenters. The predicted octanol–water partition coefficient (Wildman–Crippen LogP) is 1.25. The summed E-state index contributed by atoms with van der Waals surface area (Å²) in [5.41, 5.74) is 0. The number of amides is 1. The first kappa shape index (κ1) is 13.7. The van der Waals surface area contributed by atoms with Crippen molar-refractivity contribution in [1.29, 1.82) is 0 Å². The Balaban J connectivity index is 1.65. The molecule has 0 aromatic rings. The van der Waals surface area contributed by atoms with E-state index in [9.17, 15) is 4.79 Å². The number of nitrogens with zero attached hydrogens (tertiary/aromatic N) is 1. The number of rotatable bonds is 4. The number of nitrogens with one attached hydrogen (secondary N) is 1. The Hall–Kier alpha value is -0.260. The highest BCUT2D eigenvalue weighted by Crippen LogP contribution is 2.26. The van der Waals surface area contributed by atoms with Crippen molar-refractivity contribution in [1.82, 2.24) is 10.2 Å². The van der Waals surface area contributed by atoms with E-state index < -0.39 is 0 Å². The van der Waals surface area contributed by atoms with Crippen LogP contribution in [0.4, 0.5) is 0 Å². The summed E-state index contributed by atoms with van der Waals surface area (Å²) >= 11 is 1.97. The van der Waals surface area contributed by atoms with Gasteiger partial charge in [-0.3, -0.25) is 4.79 Å². The van der Waals surface area contributed by atoms with Gasteiger partial charge in [-0.2, -0.15) is 11.8 Å². The Kier molecular flexibility index (Phi) is 4.66. The number of hydrogen-bond donors (Lipinski definition) is 1. The molecule has 3 fully saturated rings. The Bertz CT molecular complexity index is 309. The maximum atomic E-state index is 12.7. The summed E-state index contributed by atoms with van der Waals surface area (Å²) < 4.78 is 5.73. The minimum absolute atomic E-state index is 0.0620.